The summed E-state index contributed by atoms with van der Waals surface area (Å²) in [5, 5.41) is 8.80. The van der Waals surface area contributed by atoms with Gasteiger partial charge in [-0.05, 0) is 6.42 Å². The molecule has 25 heavy (non-hydrogen) atoms. The molecule has 0 atom stereocenters. The van der Waals surface area contributed by atoms with Gasteiger partial charge < -0.3 is 9.84 Å². The number of hydrogen-bond donors (Lipinski definition) is 1. The Kier molecular flexibility index (Phi) is 6.38. The van der Waals surface area contributed by atoms with Crippen molar-refractivity contribution < 1.29 is 62.9 Å². The van der Waals surface area contributed by atoms with Gasteiger partial charge in [0.05, 0.1) is 6.61 Å². The van der Waals surface area contributed by atoms with Gasteiger partial charge in [-0.15, -0.1) is 0 Å². The SMILES string of the molecule is CCCOC(=O)C(O)=CC(F)(F)C(F)(F)C(F)(C(F)(F)F)C(F)(F)F. The molecule has 0 unspecified atom stereocenters. The lowest BCUT2D eigenvalue weighted by molar-refractivity contribution is -0.420. The van der Waals surface area contributed by atoms with Crippen LogP contribution in [0.4, 0.5) is 48.3 Å². The fourth-order valence-corrected chi connectivity index (χ4v) is 1.34. The maximum atomic E-state index is 13.3. The maximum Gasteiger partial charge on any atom is 0.438 e. The van der Waals surface area contributed by atoms with Crippen LogP contribution in [0.3, 0.4) is 0 Å². The lowest BCUT2D eigenvalue weighted by Crippen LogP contribution is -2.69. The molecule has 14 heteroatoms. The van der Waals surface area contributed by atoms with Crippen molar-refractivity contribution in [2.45, 2.75) is 43.2 Å². The van der Waals surface area contributed by atoms with E-state index in [2.05, 4.69) is 4.74 Å². The van der Waals surface area contributed by atoms with Crippen molar-refractivity contribution in [3.05, 3.63) is 11.8 Å². The molecule has 0 rings (SSSR count). The predicted octanol–water partition coefficient (Wildman–Crippen LogP) is 4.49. The normalized spacial score (nSPS) is 15.3. The van der Waals surface area contributed by atoms with Crippen LogP contribution >= 0.6 is 0 Å². The van der Waals surface area contributed by atoms with Crippen LogP contribution in [0.2, 0.25) is 0 Å². The smallest absolute Gasteiger partial charge is 0.438 e. The molecule has 0 saturated heterocycles. The zero-order chi connectivity index (χ0) is 20.5. The van der Waals surface area contributed by atoms with Crippen LogP contribution in [0, 0.1) is 0 Å². The van der Waals surface area contributed by atoms with Crippen LogP contribution in [0.15, 0.2) is 11.8 Å². The monoisotopic (exact) mass is 398 g/mol. The molecule has 0 amide bonds. The highest BCUT2D eigenvalue weighted by Gasteiger charge is 2.89. The fraction of sp³-hybridized carbons (Fsp3) is 0.727. The number of carbonyl (C=O) groups is 1. The molecule has 0 aliphatic rings. The van der Waals surface area contributed by atoms with Gasteiger partial charge >= 0.3 is 35.8 Å². The molecule has 1 N–H and O–H groups in total. The number of aliphatic hydroxyl groups is 1. The summed E-state index contributed by atoms with van der Waals surface area (Å²) in [5.74, 6) is -18.6. The van der Waals surface area contributed by atoms with Crippen molar-refractivity contribution in [3.8, 4) is 0 Å². The van der Waals surface area contributed by atoms with Gasteiger partial charge in [0, 0.05) is 6.08 Å². The summed E-state index contributed by atoms with van der Waals surface area (Å²) in [7, 11) is 0. The van der Waals surface area contributed by atoms with Gasteiger partial charge in [0.25, 0.3) is 0 Å². The number of aliphatic hydroxyl groups excluding tert-OH is 1. The van der Waals surface area contributed by atoms with Gasteiger partial charge in [-0.25, -0.2) is 9.18 Å². The van der Waals surface area contributed by atoms with E-state index >= 15 is 0 Å². The molecule has 0 aliphatic heterocycles. The van der Waals surface area contributed by atoms with Gasteiger partial charge in [0.15, 0.2) is 0 Å². The molecule has 0 spiro atoms. The standard InChI is InChI=1S/C11H9F11O3/c1-2-3-25-6(24)5(23)4-7(12,13)9(15,16)8(14,10(17,18)19)11(20,21)22/h4,23H,2-3H2,1H3. The lowest BCUT2D eigenvalue weighted by atomic mass is 9.90. The Hall–Kier alpha value is -1.76. The number of allylic oxidation sites excluding steroid dienone is 1. The molecule has 0 heterocycles. The van der Waals surface area contributed by atoms with Crippen LogP contribution in [-0.4, -0.2) is 47.5 Å². The summed E-state index contributed by atoms with van der Waals surface area (Å²) in [6, 6.07) is 0. The van der Waals surface area contributed by atoms with E-state index in [4.69, 9.17) is 5.11 Å². The number of hydrogen-bond acceptors (Lipinski definition) is 3. The first-order valence-electron chi connectivity index (χ1n) is 6.03. The molecule has 0 aromatic carbocycles. The fourth-order valence-electron chi connectivity index (χ4n) is 1.34. The number of carbonyl (C=O) groups excluding carboxylic acids is 1. The van der Waals surface area contributed by atoms with Crippen LogP contribution in [0.5, 0.6) is 0 Å². The van der Waals surface area contributed by atoms with Crippen molar-refractivity contribution in [1.82, 2.24) is 0 Å². The van der Waals surface area contributed by atoms with Gasteiger partial charge in [-0.1, -0.05) is 6.92 Å². The van der Waals surface area contributed by atoms with Crippen molar-refractivity contribution in [3.63, 3.8) is 0 Å². The Bertz CT molecular complexity index is 504. The molecule has 0 bridgehead atoms. The third kappa shape index (κ3) is 4.08. The highest BCUT2D eigenvalue weighted by atomic mass is 19.4. The Morgan fingerprint density at radius 1 is 0.920 bits per heavy atom. The van der Waals surface area contributed by atoms with E-state index in [0.29, 0.717) is 0 Å². The molecule has 0 saturated carbocycles. The van der Waals surface area contributed by atoms with Crippen molar-refractivity contribution in [2.75, 3.05) is 6.61 Å². The minimum absolute atomic E-state index is 0.0430. The van der Waals surface area contributed by atoms with Gasteiger partial charge in [-0.3, -0.25) is 0 Å². The summed E-state index contributed by atoms with van der Waals surface area (Å²) in [4.78, 5) is 10.9. The number of rotatable bonds is 6. The van der Waals surface area contributed by atoms with Crippen molar-refractivity contribution in [2.24, 2.45) is 0 Å². The van der Waals surface area contributed by atoms with E-state index in [9.17, 15) is 53.1 Å². The second-order valence-electron chi connectivity index (χ2n) is 4.52. The maximum absolute atomic E-state index is 13.3. The van der Waals surface area contributed by atoms with Crippen LogP contribution < -0.4 is 0 Å². The van der Waals surface area contributed by atoms with E-state index in [1.54, 1.807) is 0 Å². The zero-order valence-corrected chi connectivity index (χ0v) is 11.9. The second-order valence-corrected chi connectivity index (χ2v) is 4.52. The van der Waals surface area contributed by atoms with E-state index in [1.165, 1.54) is 6.92 Å². The molecule has 0 aromatic heterocycles. The van der Waals surface area contributed by atoms with E-state index < -0.39 is 54.3 Å². The van der Waals surface area contributed by atoms with Gasteiger partial charge in [0.2, 0.25) is 5.76 Å². The molecular weight excluding hydrogens is 389 g/mol. The minimum atomic E-state index is -7.67. The topological polar surface area (TPSA) is 46.5 Å². The molecule has 3 nitrogen and oxygen atoms in total. The summed E-state index contributed by atoms with van der Waals surface area (Å²) in [5.41, 5.74) is -7.67. The Labute approximate surface area is 132 Å². The first-order valence-corrected chi connectivity index (χ1v) is 6.03. The Morgan fingerprint density at radius 3 is 1.64 bits per heavy atom. The third-order valence-electron chi connectivity index (χ3n) is 2.60. The Morgan fingerprint density at radius 2 is 1.32 bits per heavy atom. The number of esters is 1. The number of alkyl halides is 11. The summed E-state index contributed by atoms with van der Waals surface area (Å²) >= 11 is 0. The quantitative estimate of drug-likeness (QED) is 0.311. The molecule has 148 valence electrons. The minimum Gasteiger partial charge on any atom is -0.502 e. The van der Waals surface area contributed by atoms with Gasteiger partial charge in [-0.2, -0.15) is 43.9 Å². The second kappa shape index (κ2) is 6.86. The summed E-state index contributed by atoms with van der Waals surface area (Å²) in [6.07, 6.45) is -16.6. The lowest BCUT2D eigenvalue weighted by Gasteiger charge is -2.38. The molecule has 0 aromatic rings. The Balaban J connectivity index is 6.14. The average molecular weight is 398 g/mol. The van der Waals surface area contributed by atoms with Crippen LogP contribution in [-0.2, 0) is 9.53 Å². The van der Waals surface area contributed by atoms with E-state index in [1.807, 2.05) is 0 Å². The first-order chi connectivity index (χ1) is 10.9. The first kappa shape index (κ1) is 23.2. The molecule has 0 aliphatic carbocycles. The number of ether oxygens (including phenoxy) is 1. The molecular formula is C11H9F11O3. The van der Waals surface area contributed by atoms with Crippen LogP contribution in [0.25, 0.3) is 0 Å². The number of halogens is 11. The molecule has 0 fully saturated rings. The third-order valence-corrected chi connectivity index (χ3v) is 2.60. The predicted molar refractivity (Wildman–Crippen MR) is 57.8 cm³/mol. The van der Waals surface area contributed by atoms with E-state index in [0.717, 1.165) is 0 Å². The van der Waals surface area contributed by atoms with Crippen molar-refractivity contribution in [1.29, 1.82) is 0 Å². The van der Waals surface area contributed by atoms with E-state index in [-0.39, 0.29) is 6.42 Å². The largest absolute Gasteiger partial charge is 0.502 e. The average Bonchev–Trinajstić information content (AvgIpc) is 2.40. The summed E-state index contributed by atoms with van der Waals surface area (Å²) in [6.45, 7) is 0.817. The zero-order valence-electron chi connectivity index (χ0n) is 11.9. The highest BCUT2D eigenvalue weighted by molar-refractivity contribution is 5.85. The summed E-state index contributed by atoms with van der Waals surface area (Å²) < 4.78 is 143. The van der Waals surface area contributed by atoms with Crippen molar-refractivity contribution >= 4 is 5.97 Å². The highest BCUT2D eigenvalue weighted by Crippen LogP contribution is 2.59. The van der Waals surface area contributed by atoms with Crippen LogP contribution in [0.1, 0.15) is 13.3 Å². The molecule has 0 radical (unpaired) electrons. The van der Waals surface area contributed by atoms with Gasteiger partial charge in [0.1, 0.15) is 0 Å².